The number of nitrogens with two attached hydrogens (primary N) is 1. The van der Waals surface area contributed by atoms with Crippen LogP contribution >= 0.6 is 0 Å². The molecular weight excluding hydrogens is 318 g/mol. The number of hydrogen-bond acceptors (Lipinski definition) is 3. The third-order valence-corrected chi connectivity index (χ3v) is 4.09. The largest absolute Gasteiger partial charge is 0.443 e. The number of rotatable bonds is 3. The van der Waals surface area contributed by atoms with Crippen molar-refractivity contribution in [2.45, 2.75) is 39.2 Å². The van der Waals surface area contributed by atoms with Crippen LogP contribution in [0.2, 0.25) is 0 Å². The van der Waals surface area contributed by atoms with Crippen molar-refractivity contribution in [2.24, 2.45) is 0 Å². The summed E-state index contributed by atoms with van der Waals surface area (Å²) in [5.41, 5.74) is 5.56. The molecule has 1 amide bonds. The summed E-state index contributed by atoms with van der Waals surface area (Å²) in [6.07, 6.45) is 5.49. The molecule has 3 N–H and O–H groups in total. The van der Waals surface area contributed by atoms with E-state index in [0.29, 0.717) is 6.54 Å². The van der Waals surface area contributed by atoms with Gasteiger partial charge in [-0.05, 0) is 45.3 Å². The Morgan fingerprint density at radius 2 is 2.12 bits per heavy atom. The van der Waals surface area contributed by atoms with Crippen LogP contribution in [0, 0.1) is 0 Å². The minimum atomic E-state index is -0.492. The standard InChI is InChI=1S/C19H25N3O3/c1-19(2,3)25-18(23)22-9-5-6-13(12-22)16-11-20-17-8-7-14(21-24-4)10-15(16)17/h7-8,10-12,20-21H,5-6,9H2,1-4H3/p+1. The molecule has 1 aliphatic heterocycles. The minimum absolute atomic E-state index is 0.294. The van der Waals surface area contributed by atoms with Crippen molar-refractivity contribution < 1.29 is 19.8 Å². The average molecular weight is 344 g/mol. The second kappa shape index (κ2) is 6.90. The summed E-state index contributed by atoms with van der Waals surface area (Å²) in [5, 5.41) is 1.13. The van der Waals surface area contributed by atoms with Gasteiger partial charge >= 0.3 is 6.09 Å². The monoisotopic (exact) mass is 344 g/mol. The molecule has 0 saturated heterocycles. The normalized spacial score (nSPS) is 15.4. The van der Waals surface area contributed by atoms with Crippen LogP contribution in [0.3, 0.4) is 0 Å². The van der Waals surface area contributed by atoms with Gasteiger partial charge in [0.25, 0.3) is 0 Å². The maximum absolute atomic E-state index is 12.4. The van der Waals surface area contributed by atoms with Crippen LogP contribution in [0.25, 0.3) is 16.5 Å². The lowest BCUT2D eigenvalue weighted by Gasteiger charge is -2.28. The highest BCUT2D eigenvalue weighted by atomic mass is 16.6. The van der Waals surface area contributed by atoms with Crippen molar-refractivity contribution >= 4 is 28.3 Å². The van der Waals surface area contributed by atoms with Crippen LogP contribution in [0.15, 0.2) is 30.6 Å². The van der Waals surface area contributed by atoms with Gasteiger partial charge in [-0.15, -0.1) is 0 Å². The van der Waals surface area contributed by atoms with E-state index in [1.165, 1.54) is 0 Å². The fourth-order valence-corrected chi connectivity index (χ4v) is 3.04. The van der Waals surface area contributed by atoms with Gasteiger partial charge in [0.1, 0.15) is 5.60 Å². The lowest BCUT2D eigenvalue weighted by atomic mass is 9.98. The van der Waals surface area contributed by atoms with E-state index >= 15 is 0 Å². The molecule has 0 atom stereocenters. The van der Waals surface area contributed by atoms with E-state index in [-0.39, 0.29) is 6.09 Å². The molecular formula is C19H26N3O3+. The summed E-state index contributed by atoms with van der Waals surface area (Å²) in [6.45, 7) is 6.33. The van der Waals surface area contributed by atoms with Gasteiger partial charge < -0.3 is 9.72 Å². The van der Waals surface area contributed by atoms with Crippen molar-refractivity contribution in [3.63, 3.8) is 0 Å². The first-order valence-electron chi connectivity index (χ1n) is 8.55. The van der Waals surface area contributed by atoms with E-state index in [9.17, 15) is 4.79 Å². The van der Waals surface area contributed by atoms with Crippen molar-refractivity contribution in [3.05, 3.63) is 36.2 Å². The van der Waals surface area contributed by atoms with Gasteiger partial charge in [-0.25, -0.2) is 9.63 Å². The van der Waals surface area contributed by atoms with Crippen LogP contribution in [-0.4, -0.2) is 35.2 Å². The number of allylic oxidation sites excluding steroid dienone is 1. The van der Waals surface area contributed by atoms with E-state index in [4.69, 9.17) is 9.57 Å². The van der Waals surface area contributed by atoms with Gasteiger partial charge in [-0.2, -0.15) is 5.48 Å². The van der Waals surface area contributed by atoms with Gasteiger partial charge in [-0.1, -0.05) is 0 Å². The highest BCUT2D eigenvalue weighted by Gasteiger charge is 2.24. The number of nitrogens with zero attached hydrogens (tertiary/aromatic N) is 1. The van der Waals surface area contributed by atoms with E-state index in [2.05, 4.69) is 11.1 Å². The Bertz CT molecular complexity index is 802. The van der Waals surface area contributed by atoms with Gasteiger partial charge in [-0.3, -0.25) is 4.90 Å². The third kappa shape index (κ3) is 4.03. The van der Waals surface area contributed by atoms with Gasteiger partial charge in [0.15, 0.2) is 5.69 Å². The number of quaternary nitrogens is 1. The Morgan fingerprint density at radius 3 is 2.84 bits per heavy atom. The summed E-state index contributed by atoms with van der Waals surface area (Å²) < 4.78 is 5.49. The summed E-state index contributed by atoms with van der Waals surface area (Å²) >= 11 is 0. The van der Waals surface area contributed by atoms with Crippen molar-refractivity contribution in [3.8, 4) is 0 Å². The fourth-order valence-electron chi connectivity index (χ4n) is 3.04. The number of aromatic nitrogens is 1. The lowest BCUT2D eigenvalue weighted by Crippen LogP contribution is -2.75. The first-order chi connectivity index (χ1) is 11.9. The second-order valence-corrected chi connectivity index (χ2v) is 7.29. The molecule has 6 heteroatoms. The maximum Gasteiger partial charge on any atom is 0.414 e. The number of fused-ring (bicyclic) bond motifs is 1. The SMILES string of the molecule is CO[NH2+]c1ccc2[nH]cc(C3=CN(C(=O)OC(C)(C)C)CCC3)c2c1. The molecule has 134 valence electrons. The maximum atomic E-state index is 12.4. The van der Waals surface area contributed by atoms with E-state index in [1.54, 1.807) is 17.5 Å². The van der Waals surface area contributed by atoms with E-state index in [0.717, 1.165) is 40.6 Å². The number of hydrogen-bond donors (Lipinski definition) is 2. The Hall–Kier alpha value is -2.31. The molecule has 25 heavy (non-hydrogen) atoms. The molecule has 1 aliphatic rings. The van der Waals surface area contributed by atoms with Crippen molar-refractivity contribution in [2.75, 3.05) is 13.7 Å². The molecule has 3 rings (SSSR count). The van der Waals surface area contributed by atoms with E-state index < -0.39 is 5.60 Å². The molecule has 0 bridgehead atoms. The Balaban J connectivity index is 1.91. The van der Waals surface area contributed by atoms with Crippen molar-refractivity contribution in [1.82, 2.24) is 9.88 Å². The first-order valence-corrected chi connectivity index (χ1v) is 8.55. The van der Waals surface area contributed by atoms with Crippen LogP contribution in [-0.2, 0) is 9.57 Å². The molecule has 6 nitrogen and oxygen atoms in total. The van der Waals surface area contributed by atoms with Crippen LogP contribution in [0.1, 0.15) is 39.2 Å². The number of ether oxygens (including phenoxy) is 1. The Labute approximate surface area is 147 Å². The predicted molar refractivity (Wildman–Crippen MR) is 97.0 cm³/mol. The summed E-state index contributed by atoms with van der Waals surface area (Å²) in [5.74, 6) is 0. The number of H-pyrrole nitrogens is 1. The molecule has 2 heterocycles. The Kier molecular flexibility index (Phi) is 4.83. The lowest BCUT2D eigenvalue weighted by molar-refractivity contribution is -0.830. The van der Waals surface area contributed by atoms with Crippen LogP contribution < -0.4 is 5.48 Å². The van der Waals surface area contributed by atoms with Gasteiger partial charge in [0.2, 0.25) is 0 Å². The molecule has 1 aromatic heterocycles. The smallest absolute Gasteiger partial charge is 0.414 e. The number of carbonyl (C=O) groups excluding carboxylic acids is 1. The molecule has 0 fully saturated rings. The summed E-state index contributed by atoms with van der Waals surface area (Å²) in [7, 11) is 1.64. The highest BCUT2D eigenvalue weighted by Crippen LogP contribution is 2.32. The molecule has 0 saturated carbocycles. The van der Waals surface area contributed by atoms with Crippen LogP contribution in [0.4, 0.5) is 10.5 Å². The summed E-state index contributed by atoms with van der Waals surface area (Å²) in [4.78, 5) is 22.5. The number of benzene rings is 1. The first kappa shape index (κ1) is 17.5. The highest BCUT2D eigenvalue weighted by molar-refractivity contribution is 5.94. The van der Waals surface area contributed by atoms with Gasteiger partial charge in [0, 0.05) is 47.5 Å². The minimum Gasteiger partial charge on any atom is -0.443 e. The molecule has 0 unspecified atom stereocenters. The summed E-state index contributed by atoms with van der Waals surface area (Å²) in [6, 6.07) is 6.14. The molecule has 0 aliphatic carbocycles. The second-order valence-electron chi connectivity index (χ2n) is 7.29. The number of carbonyl (C=O) groups is 1. The fraction of sp³-hybridized carbons (Fsp3) is 0.421. The van der Waals surface area contributed by atoms with Crippen LogP contribution in [0.5, 0.6) is 0 Å². The zero-order valence-corrected chi connectivity index (χ0v) is 15.3. The van der Waals surface area contributed by atoms with Gasteiger partial charge in [0.05, 0.1) is 7.11 Å². The molecule has 1 aromatic carbocycles. The molecule has 0 radical (unpaired) electrons. The Morgan fingerprint density at radius 1 is 1.32 bits per heavy atom. The number of nitrogens with one attached hydrogen (secondary N) is 1. The number of aromatic amines is 1. The van der Waals surface area contributed by atoms with E-state index in [1.807, 2.05) is 45.3 Å². The average Bonchev–Trinajstić information content (AvgIpc) is 2.97. The topological polar surface area (TPSA) is 71.2 Å². The zero-order valence-electron chi connectivity index (χ0n) is 15.3. The predicted octanol–water partition coefficient (Wildman–Crippen LogP) is 3.30. The van der Waals surface area contributed by atoms with Crippen molar-refractivity contribution in [1.29, 1.82) is 0 Å². The molecule has 2 aromatic rings. The third-order valence-electron chi connectivity index (χ3n) is 4.09. The quantitative estimate of drug-likeness (QED) is 0.663. The molecule has 0 spiro atoms. The number of amides is 1. The zero-order chi connectivity index (χ0) is 18.0.